The van der Waals surface area contributed by atoms with E-state index in [9.17, 15) is 9.90 Å². The molecule has 0 amide bonds. The lowest BCUT2D eigenvalue weighted by atomic mass is 9.99. The molecule has 0 radical (unpaired) electrons. The smallest absolute Gasteiger partial charge is 0.345 e. The fraction of sp³-hybridized carbons (Fsp3) is 0.407. The summed E-state index contributed by atoms with van der Waals surface area (Å²) in [5, 5.41) is 18.9. The van der Waals surface area contributed by atoms with Crippen LogP contribution in [0.1, 0.15) is 65.4 Å². The Morgan fingerprint density at radius 2 is 1.79 bits per heavy atom. The quantitative estimate of drug-likeness (QED) is 0.232. The summed E-state index contributed by atoms with van der Waals surface area (Å²) in [7, 11) is 0. The van der Waals surface area contributed by atoms with Crippen molar-refractivity contribution >= 4 is 46.5 Å². The molecule has 3 aromatic heterocycles. The lowest BCUT2D eigenvalue weighted by Crippen LogP contribution is -2.46. The summed E-state index contributed by atoms with van der Waals surface area (Å²) >= 11 is 14.1. The van der Waals surface area contributed by atoms with E-state index in [1.54, 1.807) is 24.3 Å². The van der Waals surface area contributed by atoms with Gasteiger partial charge in [0.25, 0.3) is 11.8 Å². The van der Waals surface area contributed by atoms with E-state index in [2.05, 4.69) is 20.2 Å². The van der Waals surface area contributed by atoms with Crippen molar-refractivity contribution in [1.29, 1.82) is 0 Å². The van der Waals surface area contributed by atoms with Crippen molar-refractivity contribution in [3.8, 4) is 22.0 Å². The van der Waals surface area contributed by atoms with Gasteiger partial charge < -0.3 is 23.8 Å². The van der Waals surface area contributed by atoms with E-state index in [0.29, 0.717) is 50.5 Å². The van der Waals surface area contributed by atoms with Crippen LogP contribution in [0.5, 0.6) is 0 Å². The molecule has 1 aromatic carbocycles. The van der Waals surface area contributed by atoms with Crippen molar-refractivity contribution in [3.05, 3.63) is 56.6 Å². The molecule has 3 aliphatic rings. The average Bonchev–Trinajstić information content (AvgIpc) is 3.25. The molecule has 1 aliphatic carbocycles. The van der Waals surface area contributed by atoms with Gasteiger partial charge in [0.15, 0.2) is 0 Å². The lowest BCUT2D eigenvalue weighted by Gasteiger charge is -2.37. The average molecular weight is 587 g/mol. The fourth-order valence-corrected chi connectivity index (χ4v) is 7.17. The molecule has 2 bridgehead atoms. The molecule has 7 rings (SSSR count). The molecule has 3 fully saturated rings. The number of anilines is 1. The number of thiophene rings is 1. The minimum atomic E-state index is -0.969. The molecule has 2 unspecified atom stereocenters. The summed E-state index contributed by atoms with van der Waals surface area (Å²) in [5.74, 6) is 1.16. The summed E-state index contributed by atoms with van der Waals surface area (Å²) in [4.78, 5) is 19.0. The van der Waals surface area contributed by atoms with Gasteiger partial charge in [-0.25, -0.2) is 4.79 Å². The third kappa shape index (κ3) is 4.63. The number of hydrogen-bond acceptors (Lipinski definition) is 9. The highest BCUT2D eigenvalue weighted by Crippen LogP contribution is 2.47. The first kappa shape index (κ1) is 25.1. The number of benzene rings is 1. The fourth-order valence-electron chi connectivity index (χ4n) is 5.83. The van der Waals surface area contributed by atoms with Crippen molar-refractivity contribution < 1.29 is 23.7 Å². The number of ether oxygens (including phenoxy) is 1. The van der Waals surface area contributed by atoms with Gasteiger partial charge in [0.05, 0.1) is 27.6 Å². The van der Waals surface area contributed by atoms with E-state index in [4.69, 9.17) is 37.0 Å². The molecule has 5 heterocycles. The monoisotopic (exact) mass is 586 g/mol. The Labute approximate surface area is 237 Å². The number of nitrogens with zero attached hydrogens (tertiary/aromatic N) is 4. The Morgan fingerprint density at radius 1 is 1.05 bits per heavy atom. The highest BCUT2D eigenvalue weighted by atomic mass is 35.5. The molecule has 1 N–H and O–H groups in total. The molecule has 2 aliphatic heterocycles. The van der Waals surface area contributed by atoms with Gasteiger partial charge in [0, 0.05) is 29.1 Å². The maximum atomic E-state index is 11.2. The first-order valence-electron chi connectivity index (χ1n) is 13.0. The van der Waals surface area contributed by atoms with Gasteiger partial charge in [0.1, 0.15) is 16.3 Å². The maximum absolute atomic E-state index is 11.2. The molecule has 39 heavy (non-hydrogen) atoms. The number of carbonyl (C=O) groups is 1. The Kier molecular flexibility index (Phi) is 6.38. The van der Waals surface area contributed by atoms with E-state index >= 15 is 0 Å². The van der Waals surface area contributed by atoms with Crippen molar-refractivity contribution in [1.82, 2.24) is 15.3 Å². The minimum Gasteiger partial charge on any atom is -0.477 e. The van der Waals surface area contributed by atoms with E-state index in [0.717, 1.165) is 61.2 Å². The van der Waals surface area contributed by atoms with Gasteiger partial charge in [-0.05, 0) is 67.9 Å². The van der Waals surface area contributed by atoms with Crippen LogP contribution in [0, 0.1) is 0 Å². The van der Waals surface area contributed by atoms with E-state index in [1.807, 2.05) is 6.07 Å². The van der Waals surface area contributed by atoms with Crippen LogP contribution in [0.4, 0.5) is 5.95 Å². The third-order valence-electron chi connectivity index (χ3n) is 7.79. The Morgan fingerprint density at radius 3 is 2.46 bits per heavy atom. The summed E-state index contributed by atoms with van der Waals surface area (Å²) in [6.45, 7) is 0.382. The second-order valence-electron chi connectivity index (χ2n) is 10.3. The Bertz CT molecular complexity index is 1510. The van der Waals surface area contributed by atoms with E-state index in [-0.39, 0.29) is 23.1 Å². The zero-order valence-corrected chi connectivity index (χ0v) is 23.0. The second-order valence-corrected chi connectivity index (χ2v) is 12.2. The van der Waals surface area contributed by atoms with Crippen molar-refractivity contribution in [2.24, 2.45) is 0 Å². The first-order valence-corrected chi connectivity index (χ1v) is 14.5. The van der Waals surface area contributed by atoms with Crippen LogP contribution < -0.4 is 4.90 Å². The molecule has 202 valence electrons. The summed E-state index contributed by atoms with van der Waals surface area (Å²) in [6.07, 6.45) is 5.96. The Hall–Kier alpha value is -2.92. The van der Waals surface area contributed by atoms with Gasteiger partial charge >= 0.3 is 5.97 Å². The number of aromatic nitrogens is 3. The number of carboxylic acids is 1. The van der Waals surface area contributed by atoms with E-state index < -0.39 is 5.97 Å². The SMILES string of the molecule is O=C(O)c1ccc(-c2nc(N3C4CCC3CC(OCc3c(-c5c(Cl)cccc5Cl)noc3C3CC3)C4)no2)s1. The molecule has 1 saturated carbocycles. The molecular formula is C27H24Cl2N4O5S. The molecule has 2 saturated heterocycles. The second kappa shape index (κ2) is 9.92. The topological polar surface area (TPSA) is 115 Å². The number of aromatic carboxylic acids is 1. The van der Waals surface area contributed by atoms with Crippen LogP contribution in [0.15, 0.2) is 39.4 Å². The van der Waals surface area contributed by atoms with E-state index in [1.165, 1.54) is 0 Å². The molecule has 4 aromatic rings. The normalized spacial score (nSPS) is 22.5. The highest BCUT2D eigenvalue weighted by molar-refractivity contribution is 7.17. The van der Waals surface area contributed by atoms with Crippen LogP contribution in [-0.4, -0.2) is 44.6 Å². The van der Waals surface area contributed by atoms with Crippen molar-refractivity contribution in [2.45, 2.75) is 69.2 Å². The maximum Gasteiger partial charge on any atom is 0.345 e. The first-order chi connectivity index (χ1) is 19.0. The van der Waals surface area contributed by atoms with Gasteiger partial charge in [0.2, 0.25) is 0 Å². The molecular weight excluding hydrogens is 563 g/mol. The van der Waals surface area contributed by atoms with Crippen LogP contribution in [0.2, 0.25) is 10.0 Å². The molecule has 12 heteroatoms. The number of rotatable bonds is 8. The van der Waals surface area contributed by atoms with Crippen molar-refractivity contribution in [2.75, 3.05) is 4.90 Å². The van der Waals surface area contributed by atoms with Gasteiger partial charge in [-0.2, -0.15) is 4.98 Å². The predicted octanol–water partition coefficient (Wildman–Crippen LogP) is 7.05. The number of piperidine rings is 1. The molecule has 0 spiro atoms. The van der Waals surface area contributed by atoms with Crippen molar-refractivity contribution in [3.63, 3.8) is 0 Å². The summed E-state index contributed by atoms with van der Waals surface area (Å²) < 4.78 is 17.8. The summed E-state index contributed by atoms with van der Waals surface area (Å²) in [6, 6.07) is 9.15. The van der Waals surface area contributed by atoms with Crippen LogP contribution in [-0.2, 0) is 11.3 Å². The van der Waals surface area contributed by atoms with Crippen LogP contribution >= 0.6 is 34.5 Å². The predicted molar refractivity (Wildman–Crippen MR) is 146 cm³/mol. The lowest BCUT2D eigenvalue weighted by molar-refractivity contribution is 0.0144. The minimum absolute atomic E-state index is 0.0667. The number of hydrogen-bond donors (Lipinski definition) is 1. The highest BCUT2D eigenvalue weighted by Gasteiger charge is 2.44. The number of carboxylic acid groups (broad SMARTS) is 1. The van der Waals surface area contributed by atoms with Crippen LogP contribution in [0.25, 0.3) is 22.0 Å². The Balaban J connectivity index is 1.07. The van der Waals surface area contributed by atoms with Gasteiger partial charge in [-0.1, -0.05) is 34.4 Å². The third-order valence-corrected chi connectivity index (χ3v) is 9.48. The zero-order chi connectivity index (χ0) is 26.7. The molecule has 9 nitrogen and oxygen atoms in total. The van der Waals surface area contributed by atoms with Gasteiger partial charge in [-0.3, -0.25) is 0 Å². The molecule has 2 atom stereocenters. The largest absolute Gasteiger partial charge is 0.477 e. The summed E-state index contributed by atoms with van der Waals surface area (Å²) in [5.41, 5.74) is 2.27. The number of fused-ring (bicyclic) bond motifs is 2. The zero-order valence-electron chi connectivity index (χ0n) is 20.7. The number of halogens is 2. The standard InChI is InChI=1S/C27H24Cl2N4O5S/c28-18-2-1-3-19(29)22(18)23-17(24(37-31-23)13-4-5-13)12-36-16-10-14-6-7-15(11-16)33(14)27-30-25(38-32-27)20-8-9-21(39-20)26(34)35/h1-3,8-9,13-16H,4-7,10-12H2,(H,34,35). The van der Waals surface area contributed by atoms with Crippen LogP contribution in [0.3, 0.4) is 0 Å². The van der Waals surface area contributed by atoms with Gasteiger partial charge in [-0.15, -0.1) is 11.3 Å².